The van der Waals surface area contributed by atoms with Gasteiger partial charge in [-0.05, 0) is 0 Å². The summed E-state index contributed by atoms with van der Waals surface area (Å²) in [7, 11) is 0. The number of nitrogens with zero attached hydrogens (tertiary/aromatic N) is 1. The van der Waals surface area contributed by atoms with Crippen LogP contribution in [0.1, 0.15) is 12.8 Å². The van der Waals surface area contributed by atoms with E-state index < -0.39 is 0 Å². The molecule has 74 valence electrons. The summed E-state index contributed by atoms with van der Waals surface area (Å²) in [6.45, 7) is 4.40. The van der Waals surface area contributed by atoms with Crippen molar-refractivity contribution in [1.82, 2.24) is 4.90 Å². The van der Waals surface area contributed by atoms with Crippen molar-refractivity contribution in [3.05, 3.63) is 0 Å². The van der Waals surface area contributed by atoms with Gasteiger partial charge in [0.2, 0.25) is 0 Å². The van der Waals surface area contributed by atoms with Crippen molar-refractivity contribution >= 4 is 33.7 Å². The van der Waals surface area contributed by atoms with Crippen molar-refractivity contribution in [3.63, 3.8) is 0 Å². The summed E-state index contributed by atoms with van der Waals surface area (Å²) in [6, 6.07) is 0. The molecule has 2 atom stereocenters. The third-order valence-corrected chi connectivity index (χ3v) is 3.52. The molecule has 0 bridgehead atoms. The van der Waals surface area contributed by atoms with E-state index in [0.29, 0.717) is 0 Å². The van der Waals surface area contributed by atoms with Crippen LogP contribution in [0, 0.1) is 0 Å². The molecule has 0 aliphatic rings. The van der Waals surface area contributed by atoms with E-state index in [2.05, 4.69) is 4.90 Å². The van der Waals surface area contributed by atoms with Crippen LogP contribution in [0.3, 0.4) is 0 Å². The second-order valence-electron chi connectivity index (χ2n) is 2.91. The summed E-state index contributed by atoms with van der Waals surface area (Å²) in [6.07, 6.45) is 2.68. The zero-order valence-corrected chi connectivity index (χ0v) is 12.7. The fourth-order valence-corrected chi connectivity index (χ4v) is 1.91. The van der Waals surface area contributed by atoms with Crippen LogP contribution >= 0.6 is 0 Å². The van der Waals surface area contributed by atoms with Crippen molar-refractivity contribution < 1.29 is 0 Å². The van der Waals surface area contributed by atoms with Crippen molar-refractivity contribution in [1.29, 1.82) is 0 Å². The Morgan fingerprint density at radius 3 is 1.75 bits per heavy atom. The Kier molecular flexibility index (Phi) is 11.0. The van der Waals surface area contributed by atoms with Crippen molar-refractivity contribution in [2.45, 2.75) is 23.3 Å². The van der Waals surface area contributed by atoms with Gasteiger partial charge in [0.05, 0.1) is 0 Å². The molecule has 0 heterocycles. The van der Waals surface area contributed by atoms with E-state index in [0.717, 1.165) is 13.1 Å². The van der Waals surface area contributed by atoms with Crippen molar-refractivity contribution in [3.8, 4) is 0 Å². The standard InChI is InChI=1S/C8H22As2N2/c9-3-1-6-12(8-5-11)7-2-4-10/h1-11H2. The first-order chi connectivity index (χ1) is 5.85. The Hall–Kier alpha value is 1.04. The van der Waals surface area contributed by atoms with Crippen LogP contribution in [0.2, 0.25) is 10.4 Å². The Bertz CT molecular complexity index is 83.1. The van der Waals surface area contributed by atoms with Gasteiger partial charge in [0.15, 0.2) is 0 Å². The first kappa shape index (κ1) is 13.0. The summed E-state index contributed by atoms with van der Waals surface area (Å²) >= 11 is 3.68. The maximum absolute atomic E-state index is 5.54. The zero-order chi connectivity index (χ0) is 9.23. The van der Waals surface area contributed by atoms with Gasteiger partial charge in [-0.1, -0.05) is 0 Å². The SMILES string of the molecule is NCCN(CCC[AsH2])CCC[AsH2]. The van der Waals surface area contributed by atoms with Crippen LogP contribution in [-0.2, 0) is 0 Å². The quantitative estimate of drug-likeness (QED) is 0.590. The topological polar surface area (TPSA) is 29.3 Å². The molecule has 0 aliphatic heterocycles. The minimum atomic E-state index is 0.809. The maximum atomic E-state index is 5.54. The molecule has 0 saturated carbocycles. The van der Waals surface area contributed by atoms with E-state index in [-0.39, 0.29) is 0 Å². The van der Waals surface area contributed by atoms with Gasteiger partial charge in [-0.2, -0.15) is 0 Å². The van der Waals surface area contributed by atoms with Gasteiger partial charge in [0.1, 0.15) is 0 Å². The van der Waals surface area contributed by atoms with E-state index in [1.807, 2.05) is 33.7 Å². The molecule has 0 amide bonds. The summed E-state index contributed by atoms with van der Waals surface area (Å²) in [5.74, 6) is 0. The molecule has 0 fully saturated rings. The van der Waals surface area contributed by atoms with Crippen LogP contribution in [-0.4, -0.2) is 64.8 Å². The van der Waals surface area contributed by atoms with Gasteiger partial charge in [-0.3, -0.25) is 0 Å². The Labute approximate surface area is 93.6 Å². The van der Waals surface area contributed by atoms with Crippen LogP contribution in [0.15, 0.2) is 0 Å². The molecule has 0 aromatic rings. The van der Waals surface area contributed by atoms with Gasteiger partial charge in [0, 0.05) is 0 Å². The molecule has 4 heteroatoms. The molecule has 0 saturated heterocycles. The Morgan fingerprint density at radius 2 is 1.42 bits per heavy atom. The van der Waals surface area contributed by atoms with E-state index in [1.54, 1.807) is 0 Å². The zero-order valence-electron chi connectivity index (χ0n) is 7.84. The van der Waals surface area contributed by atoms with Gasteiger partial charge in [-0.25, -0.2) is 0 Å². The van der Waals surface area contributed by atoms with Crippen molar-refractivity contribution in [2.24, 2.45) is 5.73 Å². The normalized spacial score (nSPS) is 11.0. The third kappa shape index (κ3) is 7.67. The van der Waals surface area contributed by atoms with E-state index in [4.69, 9.17) is 5.73 Å². The number of nitrogens with two attached hydrogens (primary N) is 1. The molecule has 0 aromatic heterocycles. The molecule has 2 nitrogen and oxygen atoms in total. The van der Waals surface area contributed by atoms with Gasteiger partial charge >= 0.3 is 93.8 Å². The van der Waals surface area contributed by atoms with Gasteiger partial charge in [0.25, 0.3) is 0 Å². The van der Waals surface area contributed by atoms with Crippen LogP contribution in [0.5, 0.6) is 0 Å². The number of hydrogen-bond donors (Lipinski definition) is 1. The fraction of sp³-hybridized carbons (Fsp3) is 1.00. The van der Waals surface area contributed by atoms with Crippen LogP contribution in [0.25, 0.3) is 0 Å². The molecule has 2 unspecified atom stereocenters. The molecule has 2 N–H and O–H groups in total. The molecule has 0 spiro atoms. The first-order valence-corrected chi connectivity index (χ1v) is 8.10. The number of rotatable bonds is 8. The summed E-state index contributed by atoms with van der Waals surface area (Å²) < 4.78 is 0. The molecule has 12 heavy (non-hydrogen) atoms. The average Bonchev–Trinajstić information content (AvgIpc) is 2.10. The van der Waals surface area contributed by atoms with Gasteiger partial charge < -0.3 is 0 Å². The van der Waals surface area contributed by atoms with Crippen molar-refractivity contribution in [2.75, 3.05) is 26.2 Å². The average molecular weight is 296 g/mol. The molecular formula is C8H22As2N2. The number of hydrogen-bond acceptors (Lipinski definition) is 2. The predicted octanol–water partition coefficient (Wildman–Crippen LogP) is -0.870. The van der Waals surface area contributed by atoms with Crippen LogP contribution in [0.4, 0.5) is 0 Å². The Balaban J connectivity index is 3.40. The molecule has 0 aromatic carbocycles. The van der Waals surface area contributed by atoms with Gasteiger partial charge in [-0.15, -0.1) is 0 Å². The van der Waals surface area contributed by atoms with E-state index in [9.17, 15) is 0 Å². The van der Waals surface area contributed by atoms with E-state index >= 15 is 0 Å². The van der Waals surface area contributed by atoms with Crippen LogP contribution < -0.4 is 5.73 Å². The molecule has 0 rings (SSSR count). The summed E-state index contributed by atoms with van der Waals surface area (Å²) in [5, 5.41) is 2.70. The second-order valence-corrected chi connectivity index (χ2v) is 5.34. The Morgan fingerprint density at radius 1 is 0.917 bits per heavy atom. The summed E-state index contributed by atoms with van der Waals surface area (Å²) in [4.78, 5) is 2.50. The predicted molar refractivity (Wildman–Crippen MR) is 61.4 cm³/mol. The van der Waals surface area contributed by atoms with E-state index in [1.165, 1.54) is 36.3 Å². The second kappa shape index (κ2) is 10.1. The molecular weight excluding hydrogens is 274 g/mol. The fourth-order valence-electron chi connectivity index (χ4n) is 1.15. The monoisotopic (exact) mass is 296 g/mol. The molecule has 0 aliphatic carbocycles. The molecule has 0 radical (unpaired) electrons. The third-order valence-electron chi connectivity index (χ3n) is 1.80. The summed E-state index contributed by atoms with van der Waals surface area (Å²) in [5.41, 5.74) is 5.54. The minimum absolute atomic E-state index is 0.809. The first-order valence-electron chi connectivity index (χ1n) is 4.67.